The average Bonchev–Trinajstić information content (AvgIpc) is 2.34. The van der Waals surface area contributed by atoms with Gasteiger partial charge in [-0.25, -0.2) is 0 Å². The summed E-state index contributed by atoms with van der Waals surface area (Å²) in [6.45, 7) is 0.187. The Hall–Kier alpha value is -1.92. The van der Waals surface area contributed by atoms with Crippen molar-refractivity contribution in [3.8, 4) is 11.5 Å². The predicted molar refractivity (Wildman–Crippen MR) is 58.4 cm³/mol. The highest BCUT2D eigenvalue weighted by atomic mass is 19.4. The van der Waals surface area contributed by atoms with E-state index in [0.29, 0.717) is 5.56 Å². The third kappa shape index (κ3) is 2.91. The van der Waals surface area contributed by atoms with Gasteiger partial charge in [-0.15, -0.1) is 0 Å². The lowest BCUT2D eigenvalue weighted by atomic mass is 10.0. The van der Waals surface area contributed by atoms with Crippen molar-refractivity contribution in [1.82, 2.24) is 0 Å². The lowest BCUT2D eigenvalue weighted by molar-refractivity contribution is -0.140. The molecule has 1 N–H and O–H groups in total. The number of fused-ring (bicyclic) bond motifs is 1. The molecule has 0 unspecified atom stereocenters. The van der Waals surface area contributed by atoms with Crippen LogP contribution in [0.1, 0.15) is 17.5 Å². The van der Waals surface area contributed by atoms with Gasteiger partial charge >= 0.3 is 12.1 Å². The number of hydrogen-bond acceptors (Lipinski definition) is 3. The number of benzene rings is 1. The van der Waals surface area contributed by atoms with Crippen molar-refractivity contribution in [2.45, 2.75) is 19.0 Å². The average molecular weight is 276 g/mol. The first-order valence-electron chi connectivity index (χ1n) is 5.60. The summed E-state index contributed by atoms with van der Waals surface area (Å²) in [5, 5.41) is 8.61. The van der Waals surface area contributed by atoms with E-state index in [4.69, 9.17) is 14.6 Å². The van der Waals surface area contributed by atoms with E-state index < -0.39 is 17.7 Å². The van der Waals surface area contributed by atoms with Crippen molar-refractivity contribution in [3.63, 3.8) is 0 Å². The maximum atomic E-state index is 12.8. The fourth-order valence-electron chi connectivity index (χ4n) is 1.85. The van der Waals surface area contributed by atoms with Crippen LogP contribution in [0.2, 0.25) is 0 Å². The van der Waals surface area contributed by atoms with Crippen molar-refractivity contribution in [1.29, 1.82) is 0 Å². The SMILES string of the molecule is O=C(O)CCc1ccc(C(F)(F)F)c2c1OCCO2. The van der Waals surface area contributed by atoms with Gasteiger partial charge in [0.15, 0.2) is 11.5 Å². The minimum atomic E-state index is -4.53. The van der Waals surface area contributed by atoms with Crippen LogP contribution in [0, 0.1) is 0 Å². The molecule has 1 aliphatic heterocycles. The molecule has 1 aromatic carbocycles. The molecule has 104 valence electrons. The van der Waals surface area contributed by atoms with Crippen LogP contribution in [-0.4, -0.2) is 24.3 Å². The first-order chi connectivity index (χ1) is 8.89. The molecule has 7 heteroatoms. The number of carboxylic acids is 1. The summed E-state index contributed by atoms with van der Waals surface area (Å²) in [5.74, 6) is -1.37. The molecule has 0 aliphatic carbocycles. The number of rotatable bonds is 3. The third-order valence-corrected chi connectivity index (χ3v) is 2.68. The topological polar surface area (TPSA) is 55.8 Å². The molecular formula is C12H11F3O4. The van der Waals surface area contributed by atoms with Crippen LogP contribution < -0.4 is 9.47 Å². The number of carboxylic acid groups (broad SMARTS) is 1. The second-order valence-corrected chi connectivity index (χ2v) is 4.02. The monoisotopic (exact) mass is 276 g/mol. The maximum absolute atomic E-state index is 12.8. The van der Waals surface area contributed by atoms with Gasteiger partial charge in [-0.05, 0) is 18.1 Å². The number of aliphatic carboxylic acids is 1. The highest BCUT2D eigenvalue weighted by Gasteiger charge is 2.37. The van der Waals surface area contributed by atoms with E-state index in [0.717, 1.165) is 6.07 Å². The number of aryl methyl sites for hydroxylation is 1. The Morgan fingerprint density at radius 1 is 1.21 bits per heavy atom. The van der Waals surface area contributed by atoms with Crippen LogP contribution in [-0.2, 0) is 17.4 Å². The van der Waals surface area contributed by atoms with Gasteiger partial charge < -0.3 is 14.6 Å². The molecule has 1 aliphatic rings. The van der Waals surface area contributed by atoms with Crippen LogP contribution in [0.15, 0.2) is 12.1 Å². The number of hydrogen-bond donors (Lipinski definition) is 1. The van der Waals surface area contributed by atoms with Crippen molar-refractivity contribution in [2.24, 2.45) is 0 Å². The molecule has 0 amide bonds. The third-order valence-electron chi connectivity index (χ3n) is 2.68. The Morgan fingerprint density at radius 3 is 2.42 bits per heavy atom. The minimum absolute atomic E-state index is 0.00215. The second kappa shape index (κ2) is 4.99. The fourth-order valence-corrected chi connectivity index (χ4v) is 1.85. The van der Waals surface area contributed by atoms with Gasteiger partial charge in [0.2, 0.25) is 0 Å². The van der Waals surface area contributed by atoms with E-state index in [1.807, 2.05) is 0 Å². The summed E-state index contributed by atoms with van der Waals surface area (Å²) < 4.78 is 48.6. The first kappa shape index (κ1) is 13.5. The molecule has 0 spiro atoms. The highest BCUT2D eigenvalue weighted by Crippen LogP contribution is 2.45. The Kier molecular flexibility index (Phi) is 3.55. The van der Waals surface area contributed by atoms with Gasteiger partial charge in [0.05, 0.1) is 0 Å². The number of carbonyl (C=O) groups is 1. The Morgan fingerprint density at radius 2 is 1.84 bits per heavy atom. The van der Waals surface area contributed by atoms with Crippen LogP contribution in [0.25, 0.3) is 0 Å². The van der Waals surface area contributed by atoms with Crippen LogP contribution in [0.3, 0.4) is 0 Å². The normalized spacial score (nSPS) is 14.3. The van der Waals surface area contributed by atoms with Crippen molar-refractivity contribution in [2.75, 3.05) is 13.2 Å². The van der Waals surface area contributed by atoms with E-state index in [9.17, 15) is 18.0 Å². The molecule has 0 radical (unpaired) electrons. The van der Waals surface area contributed by atoms with E-state index in [1.54, 1.807) is 0 Å². The number of alkyl halides is 3. The quantitative estimate of drug-likeness (QED) is 0.921. The zero-order valence-electron chi connectivity index (χ0n) is 9.79. The molecule has 0 saturated carbocycles. The molecule has 0 bridgehead atoms. The number of ether oxygens (including phenoxy) is 2. The smallest absolute Gasteiger partial charge is 0.420 e. The van der Waals surface area contributed by atoms with Crippen molar-refractivity contribution < 1.29 is 32.5 Å². The lowest BCUT2D eigenvalue weighted by Crippen LogP contribution is -2.20. The molecule has 0 fully saturated rings. The van der Waals surface area contributed by atoms with E-state index in [2.05, 4.69) is 0 Å². The molecule has 2 rings (SSSR count). The largest absolute Gasteiger partial charge is 0.486 e. The van der Waals surface area contributed by atoms with Gasteiger partial charge in [0.1, 0.15) is 18.8 Å². The van der Waals surface area contributed by atoms with Crippen LogP contribution in [0.5, 0.6) is 11.5 Å². The van der Waals surface area contributed by atoms with Gasteiger partial charge in [-0.1, -0.05) is 6.07 Å². The van der Waals surface area contributed by atoms with Crippen LogP contribution in [0.4, 0.5) is 13.2 Å². The first-order valence-corrected chi connectivity index (χ1v) is 5.60. The Labute approximate surface area is 106 Å². The molecule has 0 aromatic heterocycles. The fraction of sp³-hybridized carbons (Fsp3) is 0.417. The van der Waals surface area contributed by atoms with Gasteiger partial charge in [-0.3, -0.25) is 4.79 Å². The highest BCUT2D eigenvalue weighted by molar-refractivity contribution is 5.67. The Balaban J connectivity index is 2.40. The zero-order chi connectivity index (χ0) is 14.0. The van der Waals surface area contributed by atoms with E-state index in [-0.39, 0.29) is 37.6 Å². The van der Waals surface area contributed by atoms with Gasteiger partial charge in [0, 0.05) is 6.42 Å². The molecular weight excluding hydrogens is 265 g/mol. The zero-order valence-corrected chi connectivity index (χ0v) is 9.79. The van der Waals surface area contributed by atoms with E-state index >= 15 is 0 Å². The van der Waals surface area contributed by atoms with Gasteiger partial charge in [-0.2, -0.15) is 13.2 Å². The summed E-state index contributed by atoms with van der Waals surface area (Å²) in [7, 11) is 0. The van der Waals surface area contributed by atoms with Crippen molar-refractivity contribution >= 4 is 5.97 Å². The molecule has 0 saturated heterocycles. The van der Waals surface area contributed by atoms with Crippen LogP contribution >= 0.6 is 0 Å². The summed E-state index contributed by atoms with van der Waals surface area (Å²) >= 11 is 0. The van der Waals surface area contributed by atoms with Crippen molar-refractivity contribution in [3.05, 3.63) is 23.3 Å². The maximum Gasteiger partial charge on any atom is 0.420 e. The summed E-state index contributed by atoms with van der Waals surface area (Å²) in [5.41, 5.74) is -0.494. The predicted octanol–water partition coefficient (Wildman–Crippen LogP) is 2.49. The molecule has 0 atom stereocenters. The number of halogens is 3. The minimum Gasteiger partial charge on any atom is -0.486 e. The van der Waals surface area contributed by atoms with E-state index in [1.165, 1.54) is 6.07 Å². The lowest BCUT2D eigenvalue weighted by Gasteiger charge is -2.24. The summed E-state index contributed by atoms with van der Waals surface area (Å²) in [6, 6.07) is 2.13. The molecule has 1 heterocycles. The summed E-state index contributed by atoms with van der Waals surface area (Å²) in [4.78, 5) is 10.5. The van der Waals surface area contributed by atoms with Gasteiger partial charge in [0.25, 0.3) is 0 Å². The Bertz CT molecular complexity index is 496. The molecule has 1 aromatic rings. The standard InChI is InChI=1S/C12H11F3O4/c13-12(14,15)8-3-1-7(2-4-9(16)17)10-11(8)19-6-5-18-10/h1,3H,2,4-6H2,(H,16,17). The molecule has 4 nitrogen and oxygen atoms in total. The second-order valence-electron chi connectivity index (χ2n) is 4.02. The molecule has 19 heavy (non-hydrogen) atoms. The summed E-state index contributed by atoms with van der Waals surface area (Å²) in [6.07, 6.45) is -4.61.